The van der Waals surface area contributed by atoms with E-state index in [4.69, 9.17) is 5.73 Å². The summed E-state index contributed by atoms with van der Waals surface area (Å²) in [6, 6.07) is 5.43. The summed E-state index contributed by atoms with van der Waals surface area (Å²) in [7, 11) is 0. The van der Waals surface area contributed by atoms with E-state index < -0.39 is 11.7 Å². The monoisotopic (exact) mass is 296 g/mol. The van der Waals surface area contributed by atoms with E-state index in [1.807, 2.05) is 0 Å². The number of nitrogens with two attached hydrogens (primary N) is 1. The van der Waals surface area contributed by atoms with Crippen molar-refractivity contribution in [3.05, 3.63) is 46.8 Å². The van der Waals surface area contributed by atoms with E-state index in [-0.39, 0.29) is 12.1 Å². The summed E-state index contributed by atoms with van der Waals surface area (Å²) < 4.78 is 38.7. The van der Waals surface area contributed by atoms with Crippen molar-refractivity contribution in [2.45, 2.75) is 26.6 Å². The Morgan fingerprint density at radius 2 is 1.81 bits per heavy atom. The summed E-state index contributed by atoms with van der Waals surface area (Å²) in [5.74, 6) is 1.22. The van der Waals surface area contributed by atoms with Gasteiger partial charge >= 0.3 is 6.18 Å². The van der Waals surface area contributed by atoms with E-state index in [0.717, 1.165) is 6.07 Å². The van der Waals surface area contributed by atoms with Gasteiger partial charge in [-0.25, -0.2) is 9.97 Å². The maximum absolute atomic E-state index is 12.9. The molecule has 0 bridgehead atoms. The Bertz CT molecular complexity index is 653. The van der Waals surface area contributed by atoms with Crippen LogP contribution in [0.25, 0.3) is 0 Å². The molecule has 7 heteroatoms. The van der Waals surface area contributed by atoms with Crippen molar-refractivity contribution in [3.63, 3.8) is 0 Å². The predicted octanol–water partition coefficient (Wildman–Crippen LogP) is 3.31. The van der Waals surface area contributed by atoms with Crippen molar-refractivity contribution in [1.29, 1.82) is 0 Å². The number of nitrogens with one attached hydrogen (secondary N) is 1. The molecule has 3 N–H and O–H groups in total. The van der Waals surface area contributed by atoms with Gasteiger partial charge in [0.2, 0.25) is 0 Å². The largest absolute Gasteiger partial charge is 0.416 e. The van der Waals surface area contributed by atoms with E-state index in [1.54, 1.807) is 19.9 Å². The van der Waals surface area contributed by atoms with E-state index >= 15 is 0 Å². The van der Waals surface area contributed by atoms with Crippen LogP contribution in [0.5, 0.6) is 0 Å². The first kappa shape index (κ1) is 15.1. The minimum atomic E-state index is -4.38. The van der Waals surface area contributed by atoms with Crippen molar-refractivity contribution in [1.82, 2.24) is 9.97 Å². The highest BCUT2D eigenvalue weighted by atomic mass is 19.4. The lowest BCUT2D eigenvalue weighted by molar-refractivity contribution is -0.138. The molecular formula is C14H15F3N4. The molecule has 0 amide bonds. The summed E-state index contributed by atoms with van der Waals surface area (Å²) in [6.07, 6.45) is -4.38. The Kier molecular flexibility index (Phi) is 4.02. The summed E-state index contributed by atoms with van der Waals surface area (Å²) in [5, 5.41) is 2.89. The van der Waals surface area contributed by atoms with Crippen LogP contribution in [0.1, 0.15) is 22.5 Å². The number of anilines is 2. The minimum Gasteiger partial charge on any atom is -0.383 e. The van der Waals surface area contributed by atoms with Gasteiger partial charge < -0.3 is 11.1 Å². The minimum absolute atomic E-state index is 0.00637. The fourth-order valence-corrected chi connectivity index (χ4v) is 1.95. The molecule has 0 saturated carbocycles. The summed E-state index contributed by atoms with van der Waals surface area (Å²) in [4.78, 5) is 8.15. The van der Waals surface area contributed by atoms with Crippen molar-refractivity contribution in [3.8, 4) is 0 Å². The lowest BCUT2D eigenvalue weighted by Gasteiger charge is -2.15. The SMILES string of the molecule is Cc1nc(N)c(C)c(NCc2ccccc2C(F)(F)F)n1. The molecule has 0 radical (unpaired) electrons. The number of nitrogens with zero attached hydrogens (tertiary/aromatic N) is 2. The van der Waals surface area contributed by atoms with Gasteiger partial charge in [0.1, 0.15) is 17.5 Å². The van der Waals surface area contributed by atoms with Gasteiger partial charge in [-0.15, -0.1) is 0 Å². The Hall–Kier alpha value is -2.31. The highest BCUT2D eigenvalue weighted by Gasteiger charge is 2.32. The first-order chi connectivity index (χ1) is 9.79. The number of alkyl halides is 3. The van der Waals surface area contributed by atoms with Gasteiger partial charge in [0.15, 0.2) is 0 Å². The van der Waals surface area contributed by atoms with Crippen LogP contribution in [0.3, 0.4) is 0 Å². The molecule has 0 unspecified atom stereocenters. The summed E-state index contributed by atoms with van der Waals surface area (Å²) in [5.41, 5.74) is 5.83. The number of hydrogen-bond acceptors (Lipinski definition) is 4. The number of aryl methyl sites for hydroxylation is 1. The standard InChI is InChI=1S/C14H15F3N4/c1-8-12(18)20-9(2)21-13(8)19-7-10-5-3-4-6-11(10)14(15,16)17/h3-6H,7H2,1-2H3,(H3,18,19,20,21). The molecule has 0 fully saturated rings. The van der Waals surface area contributed by atoms with E-state index in [2.05, 4.69) is 15.3 Å². The molecule has 0 aliphatic rings. The zero-order chi connectivity index (χ0) is 15.6. The van der Waals surface area contributed by atoms with Crippen LogP contribution in [0.2, 0.25) is 0 Å². The van der Waals surface area contributed by atoms with Crippen molar-refractivity contribution in [2.24, 2.45) is 0 Å². The quantitative estimate of drug-likeness (QED) is 0.912. The average Bonchev–Trinajstić information content (AvgIpc) is 2.40. The molecule has 112 valence electrons. The normalized spacial score (nSPS) is 11.5. The smallest absolute Gasteiger partial charge is 0.383 e. The van der Waals surface area contributed by atoms with Crippen molar-refractivity contribution < 1.29 is 13.2 Å². The van der Waals surface area contributed by atoms with Crippen LogP contribution in [-0.2, 0) is 12.7 Å². The molecule has 0 aliphatic heterocycles. The van der Waals surface area contributed by atoms with Crippen LogP contribution in [0.4, 0.5) is 24.8 Å². The molecule has 0 atom stereocenters. The lowest BCUT2D eigenvalue weighted by Crippen LogP contribution is -2.13. The van der Waals surface area contributed by atoms with Crippen molar-refractivity contribution >= 4 is 11.6 Å². The fourth-order valence-electron chi connectivity index (χ4n) is 1.95. The zero-order valence-electron chi connectivity index (χ0n) is 11.6. The second-order valence-corrected chi connectivity index (χ2v) is 4.64. The second-order valence-electron chi connectivity index (χ2n) is 4.64. The van der Waals surface area contributed by atoms with E-state index in [9.17, 15) is 13.2 Å². The van der Waals surface area contributed by atoms with Crippen LogP contribution in [0.15, 0.2) is 24.3 Å². The molecule has 0 spiro atoms. The van der Waals surface area contributed by atoms with Crippen LogP contribution in [-0.4, -0.2) is 9.97 Å². The van der Waals surface area contributed by atoms with Gasteiger partial charge in [-0.1, -0.05) is 18.2 Å². The van der Waals surface area contributed by atoms with Gasteiger partial charge in [0, 0.05) is 12.1 Å². The average molecular weight is 296 g/mol. The highest BCUT2D eigenvalue weighted by Crippen LogP contribution is 2.32. The second kappa shape index (κ2) is 5.59. The molecule has 2 aromatic rings. The molecule has 4 nitrogen and oxygen atoms in total. The first-order valence-electron chi connectivity index (χ1n) is 6.28. The van der Waals surface area contributed by atoms with Gasteiger partial charge in [0.25, 0.3) is 0 Å². The van der Waals surface area contributed by atoms with Gasteiger partial charge in [-0.2, -0.15) is 13.2 Å². The number of rotatable bonds is 3. The van der Waals surface area contributed by atoms with Crippen LogP contribution < -0.4 is 11.1 Å². The first-order valence-corrected chi connectivity index (χ1v) is 6.28. The Morgan fingerprint density at radius 3 is 2.48 bits per heavy atom. The number of hydrogen-bond donors (Lipinski definition) is 2. The Balaban J connectivity index is 2.26. The topological polar surface area (TPSA) is 63.8 Å². The van der Waals surface area contributed by atoms with Crippen LogP contribution >= 0.6 is 0 Å². The highest BCUT2D eigenvalue weighted by molar-refractivity contribution is 5.55. The Morgan fingerprint density at radius 1 is 1.14 bits per heavy atom. The van der Waals surface area contributed by atoms with Gasteiger partial charge in [-0.05, 0) is 25.5 Å². The van der Waals surface area contributed by atoms with E-state index in [1.165, 1.54) is 12.1 Å². The van der Waals surface area contributed by atoms with Crippen LogP contribution in [0, 0.1) is 13.8 Å². The number of benzene rings is 1. The van der Waals surface area contributed by atoms with E-state index in [0.29, 0.717) is 23.0 Å². The maximum atomic E-state index is 12.9. The lowest BCUT2D eigenvalue weighted by atomic mass is 10.1. The number of aromatic nitrogens is 2. The molecule has 1 aromatic heterocycles. The molecule has 2 rings (SSSR count). The molecule has 1 heterocycles. The Labute approximate surface area is 120 Å². The zero-order valence-corrected chi connectivity index (χ0v) is 11.6. The predicted molar refractivity (Wildman–Crippen MR) is 74.7 cm³/mol. The third kappa shape index (κ3) is 3.42. The maximum Gasteiger partial charge on any atom is 0.416 e. The molecule has 1 aromatic carbocycles. The third-order valence-corrected chi connectivity index (χ3v) is 3.06. The molecule has 0 saturated heterocycles. The van der Waals surface area contributed by atoms with Gasteiger partial charge in [0.05, 0.1) is 5.56 Å². The molecule has 21 heavy (non-hydrogen) atoms. The molecule has 0 aliphatic carbocycles. The third-order valence-electron chi connectivity index (χ3n) is 3.06. The number of nitrogen functional groups attached to an aromatic ring is 1. The summed E-state index contributed by atoms with van der Waals surface area (Å²) in [6.45, 7) is 3.39. The van der Waals surface area contributed by atoms with Gasteiger partial charge in [-0.3, -0.25) is 0 Å². The summed E-state index contributed by atoms with van der Waals surface area (Å²) >= 11 is 0. The fraction of sp³-hybridized carbons (Fsp3) is 0.286. The molecular weight excluding hydrogens is 281 g/mol. The number of halogens is 3. The van der Waals surface area contributed by atoms with Crippen molar-refractivity contribution in [2.75, 3.05) is 11.1 Å².